The highest BCUT2D eigenvalue weighted by Crippen LogP contribution is 2.36. The lowest BCUT2D eigenvalue weighted by Gasteiger charge is -2.32. The van der Waals surface area contributed by atoms with Crippen LogP contribution in [0.2, 0.25) is 0 Å². The molecule has 2 aliphatic rings. The van der Waals surface area contributed by atoms with E-state index in [1.54, 1.807) is 12.4 Å². The minimum atomic E-state index is -0.488. The molecule has 0 bridgehead atoms. The molecule has 2 saturated heterocycles. The van der Waals surface area contributed by atoms with Crippen LogP contribution >= 0.6 is 0 Å². The molecule has 160 valence electrons. The lowest BCUT2D eigenvalue weighted by atomic mass is 9.81. The molecule has 0 aromatic carbocycles. The largest absolute Gasteiger partial charge is 0.498 e. The summed E-state index contributed by atoms with van der Waals surface area (Å²) in [5, 5.41) is 2.85. The molecule has 3 rings (SSSR count). The lowest BCUT2D eigenvalue weighted by Crippen LogP contribution is -2.41. The van der Waals surface area contributed by atoms with Crippen molar-refractivity contribution in [2.45, 2.75) is 71.7 Å². The number of anilines is 1. The number of aromatic nitrogens is 2. The first-order valence-corrected chi connectivity index (χ1v) is 10.3. The third kappa shape index (κ3) is 5.19. The van der Waals surface area contributed by atoms with Gasteiger partial charge in [0, 0.05) is 37.5 Å². The number of rotatable bonds is 4. The Morgan fingerprint density at radius 3 is 2.38 bits per heavy atom. The van der Waals surface area contributed by atoms with Gasteiger partial charge in [0.05, 0.1) is 11.2 Å². The van der Waals surface area contributed by atoms with E-state index < -0.39 is 12.7 Å². The van der Waals surface area contributed by atoms with E-state index in [0.717, 1.165) is 25.0 Å². The molecule has 1 atom stereocenters. The normalized spacial score (nSPS) is 23.3. The zero-order valence-corrected chi connectivity index (χ0v) is 18.6. The summed E-state index contributed by atoms with van der Waals surface area (Å²) < 4.78 is 17.4. The summed E-state index contributed by atoms with van der Waals surface area (Å²) in [5.41, 5.74) is -0.451. The maximum Gasteiger partial charge on any atom is 0.498 e. The monoisotopic (exact) mass is 404 g/mol. The minimum absolute atomic E-state index is 0.342. The number of hydrogen-bond acceptors (Lipinski definition) is 7. The second-order valence-electron chi connectivity index (χ2n) is 9.89. The van der Waals surface area contributed by atoms with Gasteiger partial charge < -0.3 is 24.3 Å². The van der Waals surface area contributed by atoms with Gasteiger partial charge in [-0.15, -0.1) is 0 Å². The number of nitrogens with zero attached hydrogens (tertiary/aromatic N) is 3. The first-order chi connectivity index (χ1) is 13.4. The third-order valence-corrected chi connectivity index (χ3v) is 5.69. The summed E-state index contributed by atoms with van der Waals surface area (Å²) in [5.74, 6) is 1.03. The number of alkyl carbamates (subject to hydrolysis) is 1. The average Bonchev–Trinajstić information content (AvgIpc) is 3.14. The van der Waals surface area contributed by atoms with Crippen molar-refractivity contribution in [3.63, 3.8) is 0 Å². The molecule has 0 spiro atoms. The van der Waals surface area contributed by atoms with Crippen molar-refractivity contribution in [2.24, 2.45) is 5.92 Å². The van der Waals surface area contributed by atoms with Crippen molar-refractivity contribution >= 4 is 24.6 Å². The quantitative estimate of drug-likeness (QED) is 0.770. The van der Waals surface area contributed by atoms with E-state index in [-0.39, 0.29) is 17.3 Å². The molecule has 9 heteroatoms. The van der Waals surface area contributed by atoms with Crippen LogP contribution in [0.4, 0.5) is 10.7 Å². The molecule has 0 aliphatic carbocycles. The smallest absolute Gasteiger partial charge is 0.444 e. The van der Waals surface area contributed by atoms with E-state index in [0.29, 0.717) is 18.4 Å². The molecule has 8 nitrogen and oxygen atoms in total. The second kappa shape index (κ2) is 7.76. The maximum atomic E-state index is 11.8. The van der Waals surface area contributed by atoms with Crippen LogP contribution in [0.25, 0.3) is 0 Å². The topological polar surface area (TPSA) is 85.8 Å². The van der Waals surface area contributed by atoms with Gasteiger partial charge in [-0.25, -0.2) is 14.8 Å². The van der Waals surface area contributed by atoms with Gasteiger partial charge in [0.15, 0.2) is 0 Å². The summed E-state index contributed by atoms with van der Waals surface area (Å²) in [6.45, 7) is 15.9. The Labute approximate surface area is 173 Å². The number of carbonyl (C=O) groups is 1. The molecule has 0 saturated carbocycles. The van der Waals surface area contributed by atoms with Gasteiger partial charge in [-0.1, -0.05) is 0 Å². The molecule has 2 aliphatic heterocycles. The van der Waals surface area contributed by atoms with E-state index in [1.165, 1.54) is 0 Å². The zero-order chi connectivity index (χ0) is 21.4. The molecule has 2 fully saturated rings. The van der Waals surface area contributed by atoms with Crippen LogP contribution in [0, 0.1) is 5.92 Å². The molecule has 1 aromatic heterocycles. The van der Waals surface area contributed by atoms with Crippen molar-refractivity contribution in [1.29, 1.82) is 0 Å². The number of nitrogens with one attached hydrogen (secondary N) is 1. The van der Waals surface area contributed by atoms with E-state index in [1.807, 2.05) is 48.5 Å². The van der Waals surface area contributed by atoms with Crippen LogP contribution in [-0.2, 0) is 14.0 Å². The number of ether oxygens (including phenoxy) is 1. The highest BCUT2D eigenvalue weighted by molar-refractivity contribution is 6.61. The van der Waals surface area contributed by atoms with Gasteiger partial charge in [-0.3, -0.25) is 0 Å². The van der Waals surface area contributed by atoms with Crippen molar-refractivity contribution < 1.29 is 18.8 Å². The molecule has 1 N–H and O–H groups in total. The number of hydrogen-bond donors (Lipinski definition) is 1. The second-order valence-corrected chi connectivity index (χ2v) is 9.89. The molecule has 3 heterocycles. The molecule has 0 radical (unpaired) electrons. The van der Waals surface area contributed by atoms with Gasteiger partial charge in [-0.2, -0.15) is 0 Å². The van der Waals surface area contributed by atoms with E-state index in [2.05, 4.69) is 20.2 Å². The van der Waals surface area contributed by atoms with Gasteiger partial charge >= 0.3 is 13.2 Å². The van der Waals surface area contributed by atoms with E-state index >= 15 is 0 Å². The van der Waals surface area contributed by atoms with Crippen LogP contribution in [0.15, 0.2) is 12.4 Å². The number of amides is 1. The molecule has 1 aromatic rings. The summed E-state index contributed by atoms with van der Waals surface area (Å²) >= 11 is 0. The molecular formula is C20H33BN4O4. The molecular weight excluding hydrogens is 371 g/mol. The standard InChI is InChI=1S/C20H33BN4O4/c1-18(2,3)27-17(26)24-10-14-8-9-25(13-14)16-22-11-15(12-23-16)21-28-19(4,5)20(6,7)29-21/h11-12,14H,8-10,13H2,1-7H3,(H,24,26)/t14-/m1/s1. The molecule has 1 amide bonds. The minimum Gasteiger partial charge on any atom is -0.444 e. The first-order valence-electron chi connectivity index (χ1n) is 10.3. The Morgan fingerprint density at radius 2 is 1.83 bits per heavy atom. The van der Waals surface area contributed by atoms with Gasteiger partial charge in [0.25, 0.3) is 0 Å². The van der Waals surface area contributed by atoms with E-state index in [9.17, 15) is 4.79 Å². The lowest BCUT2D eigenvalue weighted by molar-refractivity contribution is 0.00578. The predicted molar refractivity (Wildman–Crippen MR) is 112 cm³/mol. The first kappa shape index (κ1) is 21.8. The molecule has 29 heavy (non-hydrogen) atoms. The summed E-state index contributed by atoms with van der Waals surface area (Å²) in [4.78, 5) is 23.0. The van der Waals surface area contributed by atoms with Crippen LogP contribution in [0.5, 0.6) is 0 Å². The maximum absolute atomic E-state index is 11.8. The Morgan fingerprint density at radius 1 is 1.24 bits per heavy atom. The SMILES string of the molecule is CC(C)(C)OC(=O)NC[C@H]1CCN(c2ncc(B3OC(C)(C)C(C)(C)O3)cn2)C1. The Kier molecular flexibility index (Phi) is 5.84. The Hall–Kier alpha value is -1.87. The zero-order valence-electron chi connectivity index (χ0n) is 18.6. The predicted octanol–water partition coefficient (Wildman–Crippen LogP) is 2.13. The highest BCUT2D eigenvalue weighted by Gasteiger charge is 2.52. The summed E-state index contributed by atoms with van der Waals surface area (Å²) in [6, 6.07) is 0. The van der Waals surface area contributed by atoms with Crippen LogP contribution in [-0.4, -0.2) is 59.6 Å². The van der Waals surface area contributed by atoms with Gasteiger partial charge in [0.2, 0.25) is 5.95 Å². The van der Waals surface area contributed by atoms with Crippen molar-refractivity contribution in [3.8, 4) is 0 Å². The van der Waals surface area contributed by atoms with Crippen molar-refractivity contribution in [2.75, 3.05) is 24.5 Å². The van der Waals surface area contributed by atoms with Crippen LogP contribution < -0.4 is 15.7 Å². The Bertz CT molecular complexity index is 717. The van der Waals surface area contributed by atoms with Crippen molar-refractivity contribution in [1.82, 2.24) is 15.3 Å². The fourth-order valence-electron chi connectivity index (χ4n) is 3.32. The van der Waals surface area contributed by atoms with E-state index in [4.69, 9.17) is 14.0 Å². The Balaban J connectivity index is 1.52. The summed E-state index contributed by atoms with van der Waals surface area (Å²) in [6.07, 6.45) is 4.14. The summed E-state index contributed by atoms with van der Waals surface area (Å²) in [7, 11) is -0.460. The number of carbonyl (C=O) groups excluding carboxylic acids is 1. The average molecular weight is 404 g/mol. The third-order valence-electron chi connectivity index (χ3n) is 5.69. The van der Waals surface area contributed by atoms with Crippen LogP contribution in [0.1, 0.15) is 54.9 Å². The van der Waals surface area contributed by atoms with Gasteiger partial charge in [0.1, 0.15) is 5.60 Å². The van der Waals surface area contributed by atoms with Gasteiger partial charge in [-0.05, 0) is 60.8 Å². The van der Waals surface area contributed by atoms with Crippen molar-refractivity contribution in [3.05, 3.63) is 12.4 Å². The van der Waals surface area contributed by atoms with Crippen LogP contribution in [0.3, 0.4) is 0 Å². The highest BCUT2D eigenvalue weighted by atomic mass is 16.7. The molecule has 0 unspecified atom stereocenters. The fraction of sp³-hybridized carbons (Fsp3) is 0.750. The fourth-order valence-corrected chi connectivity index (χ4v) is 3.32.